The van der Waals surface area contributed by atoms with E-state index in [9.17, 15) is 9.90 Å². The Kier molecular flexibility index (Phi) is 4.09. The summed E-state index contributed by atoms with van der Waals surface area (Å²) >= 11 is 0. The van der Waals surface area contributed by atoms with Gasteiger partial charge in [-0.05, 0) is 51.5 Å². The summed E-state index contributed by atoms with van der Waals surface area (Å²) in [5.41, 5.74) is 4.61. The van der Waals surface area contributed by atoms with Crippen LogP contribution in [-0.4, -0.2) is 9.67 Å². The van der Waals surface area contributed by atoms with Gasteiger partial charge in [-0.15, -0.1) is 0 Å². The molecular formula is C17H21NO2. The van der Waals surface area contributed by atoms with Gasteiger partial charge in [0.25, 0.3) is 5.56 Å². The van der Waals surface area contributed by atoms with E-state index < -0.39 is 0 Å². The number of aliphatic hydroxyl groups is 1. The summed E-state index contributed by atoms with van der Waals surface area (Å²) in [6.45, 7) is 7.83. The summed E-state index contributed by atoms with van der Waals surface area (Å²) in [4.78, 5) is 12.4. The number of aromatic nitrogens is 1. The van der Waals surface area contributed by atoms with E-state index in [0.717, 1.165) is 16.8 Å². The Morgan fingerprint density at radius 2 is 1.85 bits per heavy atom. The third kappa shape index (κ3) is 2.54. The summed E-state index contributed by atoms with van der Waals surface area (Å²) in [6.07, 6.45) is 0. The monoisotopic (exact) mass is 271 g/mol. The van der Waals surface area contributed by atoms with Crippen LogP contribution in [0.3, 0.4) is 0 Å². The van der Waals surface area contributed by atoms with Crippen molar-refractivity contribution in [3.8, 4) is 11.3 Å². The maximum absolute atomic E-state index is 12.4. The van der Waals surface area contributed by atoms with Crippen LogP contribution >= 0.6 is 0 Å². The highest BCUT2D eigenvalue weighted by molar-refractivity contribution is 5.65. The maximum Gasteiger partial charge on any atom is 0.256 e. The molecular weight excluding hydrogens is 250 g/mol. The van der Waals surface area contributed by atoms with Gasteiger partial charge >= 0.3 is 0 Å². The largest absolute Gasteiger partial charge is 0.391 e. The third-order valence-corrected chi connectivity index (χ3v) is 3.55. The van der Waals surface area contributed by atoms with Gasteiger partial charge in [-0.1, -0.05) is 17.7 Å². The number of rotatable bonds is 3. The first-order valence-corrected chi connectivity index (χ1v) is 6.88. The third-order valence-electron chi connectivity index (χ3n) is 3.55. The second-order valence-corrected chi connectivity index (χ2v) is 5.49. The molecule has 0 aliphatic rings. The second-order valence-electron chi connectivity index (χ2n) is 5.49. The summed E-state index contributed by atoms with van der Waals surface area (Å²) < 4.78 is 1.76. The summed E-state index contributed by atoms with van der Waals surface area (Å²) in [5, 5.41) is 9.27. The number of aliphatic hydroxyl groups excluding tert-OH is 1. The Morgan fingerprint density at radius 3 is 2.45 bits per heavy atom. The SMILES string of the molecule is Cc1ccc(C)c(-c2ccc(CO)c(=O)n2C(C)C)c1. The molecule has 2 rings (SSSR count). The molecule has 1 heterocycles. The van der Waals surface area contributed by atoms with Crippen LogP contribution in [0.5, 0.6) is 0 Å². The van der Waals surface area contributed by atoms with Crippen molar-refractivity contribution in [2.75, 3.05) is 0 Å². The second kappa shape index (κ2) is 5.63. The van der Waals surface area contributed by atoms with Gasteiger partial charge in [0, 0.05) is 17.2 Å². The average Bonchev–Trinajstić information content (AvgIpc) is 2.40. The molecule has 106 valence electrons. The molecule has 0 radical (unpaired) electrons. The van der Waals surface area contributed by atoms with E-state index in [1.54, 1.807) is 10.6 Å². The molecule has 3 heteroatoms. The molecule has 1 aromatic carbocycles. The highest BCUT2D eigenvalue weighted by Crippen LogP contribution is 2.26. The molecule has 2 aromatic rings. The molecule has 0 fully saturated rings. The number of aryl methyl sites for hydroxylation is 2. The number of nitrogens with zero attached hydrogens (tertiary/aromatic N) is 1. The lowest BCUT2D eigenvalue weighted by atomic mass is 10.0. The zero-order valence-corrected chi connectivity index (χ0v) is 12.5. The predicted octanol–water partition coefficient (Wildman–Crippen LogP) is 3.21. The van der Waals surface area contributed by atoms with Crippen molar-refractivity contribution in [3.63, 3.8) is 0 Å². The lowest BCUT2D eigenvalue weighted by molar-refractivity contribution is 0.279. The van der Waals surface area contributed by atoms with Gasteiger partial charge in [0.05, 0.1) is 12.3 Å². The lowest BCUT2D eigenvalue weighted by Crippen LogP contribution is -2.26. The van der Waals surface area contributed by atoms with Gasteiger partial charge in [-0.25, -0.2) is 0 Å². The summed E-state index contributed by atoms with van der Waals surface area (Å²) in [5.74, 6) is 0. The minimum Gasteiger partial charge on any atom is -0.391 e. The van der Waals surface area contributed by atoms with Gasteiger partial charge in [-0.3, -0.25) is 4.79 Å². The molecule has 0 atom stereocenters. The molecule has 0 bridgehead atoms. The highest BCUT2D eigenvalue weighted by Gasteiger charge is 2.14. The fourth-order valence-electron chi connectivity index (χ4n) is 2.46. The number of hydrogen-bond donors (Lipinski definition) is 1. The van der Waals surface area contributed by atoms with Crippen LogP contribution in [0.4, 0.5) is 0 Å². The standard InChI is InChI=1S/C17H21NO2/c1-11(2)18-16(8-7-14(10-19)17(18)20)15-9-12(3)5-6-13(15)4/h5-9,11,19H,10H2,1-4H3. The van der Waals surface area contributed by atoms with Crippen LogP contribution in [0.1, 0.15) is 36.6 Å². The predicted molar refractivity (Wildman–Crippen MR) is 81.9 cm³/mol. The highest BCUT2D eigenvalue weighted by atomic mass is 16.3. The van der Waals surface area contributed by atoms with E-state index in [-0.39, 0.29) is 18.2 Å². The van der Waals surface area contributed by atoms with E-state index in [1.165, 1.54) is 5.56 Å². The van der Waals surface area contributed by atoms with Gasteiger partial charge in [-0.2, -0.15) is 0 Å². The van der Waals surface area contributed by atoms with Crippen molar-refractivity contribution in [2.45, 2.75) is 40.3 Å². The van der Waals surface area contributed by atoms with Crippen LogP contribution < -0.4 is 5.56 Å². The van der Waals surface area contributed by atoms with E-state index in [1.807, 2.05) is 33.8 Å². The molecule has 1 N–H and O–H groups in total. The minimum atomic E-state index is -0.224. The summed E-state index contributed by atoms with van der Waals surface area (Å²) in [6, 6.07) is 9.93. The Labute approximate surface area is 119 Å². The molecule has 0 aliphatic carbocycles. The zero-order chi connectivity index (χ0) is 14.9. The number of benzene rings is 1. The first kappa shape index (κ1) is 14.5. The van der Waals surface area contributed by atoms with Crippen molar-refractivity contribution >= 4 is 0 Å². The van der Waals surface area contributed by atoms with Gasteiger partial charge in [0.1, 0.15) is 0 Å². The average molecular weight is 271 g/mol. The van der Waals surface area contributed by atoms with Crippen molar-refractivity contribution in [1.82, 2.24) is 4.57 Å². The zero-order valence-electron chi connectivity index (χ0n) is 12.5. The van der Waals surface area contributed by atoms with Gasteiger partial charge < -0.3 is 9.67 Å². The van der Waals surface area contributed by atoms with E-state index in [0.29, 0.717) is 5.56 Å². The van der Waals surface area contributed by atoms with Crippen molar-refractivity contribution < 1.29 is 5.11 Å². The molecule has 0 spiro atoms. The van der Waals surface area contributed by atoms with Crippen molar-refractivity contribution in [1.29, 1.82) is 0 Å². The summed E-state index contributed by atoms with van der Waals surface area (Å²) in [7, 11) is 0. The topological polar surface area (TPSA) is 42.2 Å². The minimum absolute atomic E-state index is 0.0453. The van der Waals surface area contributed by atoms with E-state index in [2.05, 4.69) is 18.2 Å². The Hall–Kier alpha value is -1.87. The Bertz CT molecular complexity index is 684. The molecule has 0 saturated carbocycles. The lowest BCUT2D eigenvalue weighted by Gasteiger charge is -2.19. The molecule has 0 aliphatic heterocycles. The van der Waals surface area contributed by atoms with Crippen molar-refractivity contribution in [3.05, 3.63) is 57.4 Å². The quantitative estimate of drug-likeness (QED) is 0.931. The molecule has 0 saturated heterocycles. The first-order chi connectivity index (χ1) is 9.45. The van der Waals surface area contributed by atoms with Gasteiger partial charge in [0.15, 0.2) is 0 Å². The molecule has 1 aromatic heterocycles. The Morgan fingerprint density at radius 1 is 1.15 bits per heavy atom. The number of hydrogen-bond acceptors (Lipinski definition) is 2. The first-order valence-electron chi connectivity index (χ1n) is 6.88. The van der Waals surface area contributed by atoms with Crippen LogP contribution in [0.25, 0.3) is 11.3 Å². The fourth-order valence-corrected chi connectivity index (χ4v) is 2.46. The fraction of sp³-hybridized carbons (Fsp3) is 0.353. The van der Waals surface area contributed by atoms with E-state index in [4.69, 9.17) is 0 Å². The molecule has 0 unspecified atom stereocenters. The van der Waals surface area contributed by atoms with Crippen LogP contribution in [0.15, 0.2) is 35.1 Å². The Balaban J connectivity index is 2.77. The molecule has 0 amide bonds. The van der Waals surface area contributed by atoms with Crippen molar-refractivity contribution in [2.24, 2.45) is 0 Å². The van der Waals surface area contributed by atoms with Crippen LogP contribution in [-0.2, 0) is 6.61 Å². The van der Waals surface area contributed by atoms with Crippen LogP contribution in [0, 0.1) is 13.8 Å². The van der Waals surface area contributed by atoms with Gasteiger partial charge in [0.2, 0.25) is 0 Å². The number of pyridine rings is 1. The van der Waals surface area contributed by atoms with E-state index >= 15 is 0 Å². The molecule has 20 heavy (non-hydrogen) atoms. The molecule has 3 nitrogen and oxygen atoms in total. The normalized spacial score (nSPS) is 11.1. The van der Waals surface area contributed by atoms with Crippen LogP contribution in [0.2, 0.25) is 0 Å². The smallest absolute Gasteiger partial charge is 0.256 e. The maximum atomic E-state index is 12.4.